The second-order valence-electron chi connectivity index (χ2n) is 6.74. The fraction of sp³-hybridized carbons (Fsp3) is 0.588. The second-order valence-corrected chi connectivity index (χ2v) is 6.74. The van der Waals surface area contributed by atoms with Crippen molar-refractivity contribution in [1.82, 2.24) is 19.9 Å². The summed E-state index contributed by atoms with van der Waals surface area (Å²) in [6.07, 6.45) is 6.22. The number of likely N-dealkylation sites (N-methyl/N-ethyl adjacent to an activating group) is 1. The molecular weight excluding hydrogens is 292 g/mol. The van der Waals surface area contributed by atoms with Gasteiger partial charge in [0.15, 0.2) is 0 Å². The van der Waals surface area contributed by atoms with Crippen molar-refractivity contribution >= 4 is 17.0 Å². The van der Waals surface area contributed by atoms with Gasteiger partial charge in [0.05, 0.1) is 16.6 Å². The van der Waals surface area contributed by atoms with Crippen LogP contribution in [0.3, 0.4) is 0 Å². The Morgan fingerprint density at radius 3 is 2.83 bits per heavy atom. The van der Waals surface area contributed by atoms with Gasteiger partial charge in [0.25, 0.3) is 11.6 Å². The van der Waals surface area contributed by atoms with E-state index in [-0.39, 0.29) is 5.91 Å². The van der Waals surface area contributed by atoms with Crippen molar-refractivity contribution in [2.24, 2.45) is 0 Å². The molecule has 2 aromatic rings. The Morgan fingerprint density at radius 1 is 1.26 bits per heavy atom. The number of pyridine rings is 1. The lowest BCUT2D eigenvalue weighted by Gasteiger charge is -2.33. The first-order valence-electron chi connectivity index (χ1n) is 8.38. The highest BCUT2D eigenvalue weighted by Gasteiger charge is 2.38. The van der Waals surface area contributed by atoms with Crippen LogP contribution in [0.5, 0.6) is 0 Å². The van der Waals surface area contributed by atoms with Gasteiger partial charge in [0.2, 0.25) is 0 Å². The fourth-order valence-corrected chi connectivity index (χ4v) is 4.09. The van der Waals surface area contributed by atoms with Crippen molar-refractivity contribution in [1.29, 1.82) is 0 Å². The van der Waals surface area contributed by atoms with E-state index in [0.717, 1.165) is 37.0 Å². The van der Waals surface area contributed by atoms with E-state index < -0.39 is 0 Å². The second kappa shape index (κ2) is 5.60. The number of carbonyl (C=O) groups excluding carboxylic acids is 1. The Kier molecular flexibility index (Phi) is 3.56. The van der Waals surface area contributed by atoms with Crippen LogP contribution in [0.15, 0.2) is 16.8 Å². The minimum absolute atomic E-state index is 0.0859. The molecule has 6 heteroatoms. The van der Waals surface area contributed by atoms with E-state index >= 15 is 0 Å². The summed E-state index contributed by atoms with van der Waals surface area (Å²) in [4.78, 5) is 21.7. The maximum atomic E-state index is 13.0. The molecule has 2 aliphatic heterocycles. The number of carbonyl (C=O) groups is 1. The maximum Gasteiger partial charge on any atom is 0.257 e. The Morgan fingerprint density at radius 2 is 2.04 bits per heavy atom. The Hall–Kier alpha value is -1.95. The highest BCUT2D eigenvalue weighted by molar-refractivity contribution is 5.97. The van der Waals surface area contributed by atoms with Gasteiger partial charge in [-0.2, -0.15) is 0 Å². The first kappa shape index (κ1) is 14.6. The minimum Gasteiger partial charge on any atom is -0.336 e. The molecule has 6 nitrogen and oxygen atoms in total. The molecule has 0 aromatic carbocycles. The van der Waals surface area contributed by atoms with Crippen LogP contribution in [0.25, 0.3) is 11.1 Å². The van der Waals surface area contributed by atoms with Crippen LogP contribution in [-0.4, -0.2) is 58.1 Å². The zero-order valence-electron chi connectivity index (χ0n) is 13.7. The molecule has 2 fully saturated rings. The monoisotopic (exact) mass is 314 g/mol. The van der Waals surface area contributed by atoms with Crippen molar-refractivity contribution in [3.8, 4) is 0 Å². The molecule has 0 spiro atoms. The quantitative estimate of drug-likeness (QED) is 0.850. The smallest absolute Gasteiger partial charge is 0.257 e. The lowest BCUT2D eigenvalue weighted by atomic mass is 10.0. The molecule has 4 heterocycles. The van der Waals surface area contributed by atoms with Gasteiger partial charge in [-0.1, -0.05) is 5.16 Å². The van der Waals surface area contributed by atoms with Gasteiger partial charge in [-0.05, 0) is 52.3 Å². The topological polar surface area (TPSA) is 62.5 Å². The average Bonchev–Trinajstić information content (AvgIpc) is 3.26. The Labute approximate surface area is 135 Å². The predicted octanol–water partition coefficient (Wildman–Crippen LogP) is 2.23. The van der Waals surface area contributed by atoms with Crippen molar-refractivity contribution in [3.05, 3.63) is 23.5 Å². The molecule has 2 aromatic heterocycles. The molecule has 23 heavy (non-hydrogen) atoms. The fourth-order valence-electron chi connectivity index (χ4n) is 4.09. The third-order valence-corrected chi connectivity index (χ3v) is 5.34. The third-order valence-electron chi connectivity index (χ3n) is 5.34. The number of rotatable bonds is 2. The van der Waals surface area contributed by atoms with E-state index in [4.69, 9.17) is 4.52 Å². The third kappa shape index (κ3) is 2.41. The van der Waals surface area contributed by atoms with Gasteiger partial charge in [0, 0.05) is 24.8 Å². The van der Waals surface area contributed by atoms with Crippen molar-refractivity contribution in [2.75, 3.05) is 20.1 Å². The molecule has 2 aliphatic rings. The van der Waals surface area contributed by atoms with Gasteiger partial charge in [-0.25, -0.2) is 4.98 Å². The van der Waals surface area contributed by atoms with Crippen LogP contribution in [0.4, 0.5) is 0 Å². The summed E-state index contributed by atoms with van der Waals surface area (Å²) in [5, 5.41) is 4.74. The molecule has 0 saturated carbocycles. The Bertz CT molecular complexity index is 741. The number of aryl methyl sites for hydroxylation is 1. The first-order valence-corrected chi connectivity index (χ1v) is 8.38. The number of aromatic nitrogens is 2. The molecule has 4 rings (SSSR count). The summed E-state index contributed by atoms with van der Waals surface area (Å²) >= 11 is 0. The highest BCUT2D eigenvalue weighted by atomic mass is 16.5. The van der Waals surface area contributed by atoms with E-state index in [0.29, 0.717) is 23.4 Å². The van der Waals surface area contributed by atoms with Crippen molar-refractivity contribution < 1.29 is 9.32 Å². The van der Waals surface area contributed by atoms with Crippen LogP contribution in [0.1, 0.15) is 41.7 Å². The summed E-state index contributed by atoms with van der Waals surface area (Å²) in [6.45, 7) is 3.85. The predicted molar refractivity (Wildman–Crippen MR) is 86.3 cm³/mol. The summed E-state index contributed by atoms with van der Waals surface area (Å²) in [7, 11) is 2.17. The molecule has 2 saturated heterocycles. The number of nitrogens with zero attached hydrogens (tertiary/aromatic N) is 4. The van der Waals surface area contributed by atoms with Crippen LogP contribution in [0, 0.1) is 6.92 Å². The van der Waals surface area contributed by atoms with Crippen LogP contribution >= 0.6 is 0 Å². The first-order chi connectivity index (χ1) is 11.1. The Balaban J connectivity index is 1.62. The van der Waals surface area contributed by atoms with Crippen LogP contribution in [-0.2, 0) is 0 Å². The summed E-state index contributed by atoms with van der Waals surface area (Å²) in [5.41, 5.74) is 1.90. The highest BCUT2D eigenvalue weighted by Crippen LogP contribution is 2.30. The minimum atomic E-state index is 0.0859. The van der Waals surface area contributed by atoms with Gasteiger partial charge in [-0.15, -0.1) is 0 Å². The standard InChI is InChI=1S/C17H22N4O2/c1-11-13-9-12(10-18-16(13)23-19-11)17(22)21-8-4-6-15(21)14-5-3-7-20(14)2/h9-10,14-15H,3-8H2,1-2H3/t14-,15-/m0/s1. The van der Waals surface area contributed by atoms with E-state index in [1.54, 1.807) is 6.20 Å². The van der Waals surface area contributed by atoms with Gasteiger partial charge < -0.3 is 14.3 Å². The number of fused-ring (bicyclic) bond motifs is 1. The molecule has 0 radical (unpaired) electrons. The summed E-state index contributed by atoms with van der Waals surface area (Å²) < 4.78 is 5.13. The zero-order valence-corrected chi connectivity index (χ0v) is 13.7. The summed E-state index contributed by atoms with van der Waals surface area (Å²) in [5.74, 6) is 0.0859. The summed E-state index contributed by atoms with van der Waals surface area (Å²) in [6, 6.07) is 2.69. The molecule has 0 N–H and O–H groups in total. The molecule has 0 unspecified atom stereocenters. The molecule has 2 atom stereocenters. The van der Waals surface area contributed by atoms with E-state index in [1.165, 1.54) is 12.8 Å². The molecule has 1 amide bonds. The lowest BCUT2D eigenvalue weighted by Crippen LogP contribution is -2.47. The molecule has 122 valence electrons. The molecular formula is C17H22N4O2. The van der Waals surface area contributed by atoms with Crippen LogP contribution in [0.2, 0.25) is 0 Å². The van der Waals surface area contributed by atoms with Gasteiger partial charge in [0.1, 0.15) is 0 Å². The molecule has 0 aliphatic carbocycles. The van der Waals surface area contributed by atoms with Gasteiger partial charge >= 0.3 is 0 Å². The number of amides is 1. The largest absolute Gasteiger partial charge is 0.336 e. The SMILES string of the molecule is Cc1noc2ncc(C(=O)N3CCC[C@H]3[C@@H]3CCCN3C)cc12. The van der Waals surface area contributed by atoms with Crippen molar-refractivity contribution in [3.63, 3.8) is 0 Å². The zero-order chi connectivity index (χ0) is 16.0. The van der Waals surface area contributed by atoms with Crippen molar-refractivity contribution in [2.45, 2.75) is 44.7 Å². The molecule has 0 bridgehead atoms. The lowest BCUT2D eigenvalue weighted by molar-refractivity contribution is 0.0664. The van der Waals surface area contributed by atoms with Gasteiger partial charge in [-0.3, -0.25) is 4.79 Å². The maximum absolute atomic E-state index is 13.0. The number of hydrogen-bond acceptors (Lipinski definition) is 5. The van der Waals surface area contributed by atoms with E-state index in [9.17, 15) is 4.79 Å². The number of likely N-dealkylation sites (tertiary alicyclic amines) is 2. The average molecular weight is 314 g/mol. The number of hydrogen-bond donors (Lipinski definition) is 0. The van der Waals surface area contributed by atoms with Crippen LogP contribution < -0.4 is 0 Å². The van der Waals surface area contributed by atoms with E-state index in [1.807, 2.05) is 13.0 Å². The van der Waals surface area contributed by atoms with E-state index in [2.05, 4.69) is 27.0 Å². The normalized spacial score (nSPS) is 25.6.